The van der Waals surface area contributed by atoms with Crippen molar-refractivity contribution in [1.82, 2.24) is 5.32 Å². The number of esters is 2. The lowest BCUT2D eigenvalue weighted by Gasteiger charge is -2.32. The summed E-state index contributed by atoms with van der Waals surface area (Å²) < 4.78 is 9.81. The summed E-state index contributed by atoms with van der Waals surface area (Å²) in [6.45, 7) is 4.04. The van der Waals surface area contributed by atoms with Crippen molar-refractivity contribution < 1.29 is 19.1 Å². The Bertz CT molecular complexity index is 350. The molecule has 0 aromatic rings. The fourth-order valence-electron chi connectivity index (χ4n) is 2.14. The van der Waals surface area contributed by atoms with E-state index in [1.165, 1.54) is 6.26 Å². The van der Waals surface area contributed by atoms with Crippen LogP contribution in [-0.2, 0) is 19.1 Å². The van der Waals surface area contributed by atoms with Crippen LogP contribution in [0.5, 0.6) is 0 Å². The third-order valence-corrected chi connectivity index (χ3v) is 3.04. The molecule has 0 aromatic carbocycles. The first-order valence-electron chi connectivity index (χ1n) is 5.47. The average molecular weight is 225 g/mol. The molecule has 2 aliphatic rings. The molecule has 3 atom stereocenters. The molecule has 5 nitrogen and oxygen atoms in total. The first-order valence-corrected chi connectivity index (χ1v) is 5.47. The van der Waals surface area contributed by atoms with Crippen molar-refractivity contribution in [1.29, 1.82) is 0 Å². The molecule has 0 amide bonds. The number of fused-ring (bicyclic) bond motifs is 1. The molecule has 0 radical (unpaired) electrons. The van der Waals surface area contributed by atoms with Gasteiger partial charge in [0, 0.05) is 6.04 Å². The molecule has 3 unspecified atom stereocenters. The van der Waals surface area contributed by atoms with Gasteiger partial charge < -0.3 is 14.8 Å². The van der Waals surface area contributed by atoms with Gasteiger partial charge in [-0.2, -0.15) is 0 Å². The summed E-state index contributed by atoms with van der Waals surface area (Å²) in [7, 11) is 0. The van der Waals surface area contributed by atoms with Crippen LogP contribution >= 0.6 is 0 Å². The molecule has 0 spiro atoms. The Hall–Kier alpha value is -1.52. The number of hydrogen-bond donors (Lipinski definition) is 1. The maximum Gasteiger partial charge on any atom is 0.319 e. The normalized spacial score (nSPS) is 32.2. The zero-order valence-electron chi connectivity index (χ0n) is 9.36. The monoisotopic (exact) mass is 225 g/mol. The van der Waals surface area contributed by atoms with E-state index < -0.39 is 0 Å². The van der Waals surface area contributed by atoms with Crippen molar-refractivity contribution in [3.05, 3.63) is 12.0 Å². The molecule has 0 bridgehead atoms. The summed E-state index contributed by atoms with van der Waals surface area (Å²) in [5, 5.41) is 3.11. The van der Waals surface area contributed by atoms with Crippen molar-refractivity contribution >= 4 is 11.9 Å². The predicted molar refractivity (Wildman–Crippen MR) is 55.0 cm³/mol. The molecule has 1 N–H and O–H groups in total. The van der Waals surface area contributed by atoms with E-state index in [2.05, 4.69) is 5.32 Å². The zero-order chi connectivity index (χ0) is 11.7. The van der Waals surface area contributed by atoms with Crippen molar-refractivity contribution in [3.8, 4) is 0 Å². The SMILES string of the molecule is CCOC(=O)C1CC2C(=O)OC=C2NC1C. The molecule has 0 saturated carbocycles. The van der Waals surface area contributed by atoms with E-state index in [0.717, 1.165) is 5.70 Å². The highest BCUT2D eigenvalue weighted by molar-refractivity contribution is 5.81. The average Bonchev–Trinajstić information content (AvgIpc) is 2.59. The number of cyclic esters (lactones) is 1. The lowest BCUT2D eigenvalue weighted by atomic mass is 9.84. The topological polar surface area (TPSA) is 64.6 Å². The molecule has 88 valence electrons. The van der Waals surface area contributed by atoms with Gasteiger partial charge >= 0.3 is 11.9 Å². The summed E-state index contributed by atoms with van der Waals surface area (Å²) in [5.74, 6) is -1.15. The van der Waals surface area contributed by atoms with Crippen molar-refractivity contribution in [2.45, 2.75) is 26.3 Å². The number of piperidine rings is 1. The lowest BCUT2D eigenvalue weighted by Crippen LogP contribution is -2.46. The Labute approximate surface area is 93.8 Å². The van der Waals surface area contributed by atoms with Crippen LogP contribution in [0.1, 0.15) is 20.3 Å². The second-order valence-corrected chi connectivity index (χ2v) is 4.09. The molecule has 2 heterocycles. The summed E-state index contributed by atoms with van der Waals surface area (Å²) in [4.78, 5) is 23.0. The second kappa shape index (κ2) is 4.15. The summed E-state index contributed by atoms with van der Waals surface area (Å²) in [6.07, 6.45) is 1.91. The zero-order valence-corrected chi connectivity index (χ0v) is 9.36. The number of hydrogen-bond acceptors (Lipinski definition) is 5. The van der Waals surface area contributed by atoms with Gasteiger partial charge in [-0.05, 0) is 20.3 Å². The molecule has 1 saturated heterocycles. The lowest BCUT2D eigenvalue weighted by molar-refractivity contribution is -0.151. The predicted octanol–water partition coefficient (Wildman–Crippen LogP) is 0.562. The van der Waals surface area contributed by atoms with Gasteiger partial charge in [-0.15, -0.1) is 0 Å². The van der Waals surface area contributed by atoms with E-state index in [1.54, 1.807) is 6.92 Å². The highest BCUT2D eigenvalue weighted by Crippen LogP contribution is 2.32. The number of nitrogens with one attached hydrogen (secondary N) is 1. The van der Waals surface area contributed by atoms with Crippen molar-refractivity contribution in [3.63, 3.8) is 0 Å². The highest BCUT2D eigenvalue weighted by atomic mass is 16.5. The van der Waals surface area contributed by atoms with Crippen molar-refractivity contribution in [2.24, 2.45) is 11.8 Å². The molecule has 2 aliphatic heterocycles. The summed E-state index contributed by atoms with van der Waals surface area (Å²) in [5.41, 5.74) is 0.776. The van der Waals surface area contributed by atoms with E-state index in [1.807, 2.05) is 6.92 Å². The molecule has 2 rings (SSSR count). The van der Waals surface area contributed by atoms with Gasteiger partial charge in [0.15, 0.2) is 0 Å². The van der Waals surface area contributed by atoms with Gasteiger partial charge in [-0.25, -0.2) is 0 Å². The smallest absolute Gasteiger partial charge is 0.319 e. The van der Waals surface area contributed by atoms with Crippen LogP contribution < -0.4 is 5.32 Å². The molecular weight excluding hydrogens is 210 g/mol. The van der Waals surface area contributed by atoms with E-state index in [9.17, 15) is 9.59 Å². The highest BCUT2D eigenvalue weighted by Gasteiger charge is 2.42. The van der Waals surface area contributed by atoms with Gasteiger partial charge in [0.25, 0.3) is 0 Å². The van der Waals surface area contributed by atoms with Gasteiger partial charge in [0.1, 0.15) is 12.2 Å². The number of carbonyl (C=O) groups is 2. The number of ether oxygens (including phenoxy) is 2. The largest absolute Gasteiger partial charge is 0.466 e. The Morgan fingerprint density at radius 1 is 1.69 bits per heavy atom. The molecule has 0 aromatic heterocycles. The maximum absolute atomic E-state index is 11.7. The first-order chi connectivity index (χ1) is 7.63. The van der Waals surface area contributed by atoms with E-state index in [-0.39, 0.29) is 29.8 Å². The number of rotatable bonds is 2. The number of carbonyl (C=O) groups excluding carboxylic acids is 2. The van der Waals surface area contributed by atoms with Crippen LogP contribution in [0, 0.1) is 11.8 Å². The fourth-order valence-corrected chi connectivity index (χ4v) is 2.14. The van der Waals surface area contributed by atoms with Gasteiger partial charge in [-0.3, -0.25) is 9.59 Å². The molecule has 1 fully saturated rings. The molecule has 16 heavy (non-hydrogen) atoms. The Morgan fingerprint density at radius 3 is 3.12 bits per heavy atom. The quantitative estimate of drug-likeness (QED) is 0.696. The van der Waals surface area contributed by atoms with Crippen LogP contribution in [0.25, 0.3) is 0 Å². The second-order valence-electron chi connectivity index (χ2n) is 4.09. The van der Waals surface area contributed by atoms with Crippen LogP contribution in [0.4, 0.5) is 0 Å². The minimum Gasteiger partial charge on any atom is -0.466 e. The van der Waals surface area contributed by atoms with Crippen LogP contribution in [-0.4, -0.2) is 24.6 Å². The molecular formula is C11H15NO4. The standard InChI is InChI=1S/C11H15NO4/c1-3-15-10(13)7-4-8-9(12-6(7)2)5-16-11(8)14/h5-8,12H,3-4H2,1-2H3. The van der Waals surface area contributed by atoms with Gasteiger partial charge in [0.2, 0.25) is 0 Å². The Morgan fingerprint density at radius 2 is 2.44 bits per heavy atom. The van der Waals surface area contributed by atoms with E-state index >= 15 is 0 Å². The summed E-state index contributed by atoms with van der Waals surface area (Å²) in [6, 6.07) is -0.0314. The maximum atomic E-state index is 11.7. The molecule has 5 heteroatoms. The van der Waals surface area contributed by atoms with Gasteiger partial charge in [-0.1, -0.05) is 0 Å². The van der Waals surface area contributed by atoms with Crippen LogP contribution in [0.15, 0.2) is 12.0 Å². The van der Waals surface area contributed by atoms with Gasteiger partial charge in [0.05, 0.1) is 18.2 Å². The Balaban J connectivity index is 2.09. The van der Waals surface area contributed by atoms with Crippen LogP contribution in [0.3, 0.4) is 0 Å². The van der Waals surface area contributed by atoms with Crippen LogP contribution in [0.2, 0.25) is 0 Å². The van der Waals surface area contributed by atoms with E-state index in [0.29, 0.717) is 13.0 Å². The minimum absolute atomic E-state index is 0.0314. The third kappa shape index (κ3) is 1.77. The van der Waals surface area contributed by atoms with E-state index in [4.69, 9.17) is 9.47 Å². The first kappa shape index (κ1) is 11.0. The third-order valence-electron chi connectivity index (χ3n) is 3.04. The molecule has 0 aliphatic carbocycles. The van der Waals surface area contributed by atoms with Crippen molar-refractivity contribution in [2.75, 3.05) is 6.61 Å². The fraction of sp³-hybridized carbons (Fsp3) is 0.636. The minimum atomic E-state index is -0.328. The Kier molecular flexibility index (Phi) is 2.85. The summed E-state index contributed by atoms with van der Waals surface area (Å²) >= 11 is 0.